The molecule has 0 atom stereocenters. The standard InChI is InChI=1S/C20H27NO5/c1-25-17-11-8-14(12-18(17)26-16-4-2-3-5-16)19(22)21-15-9-6-13(7-10-15)20(23)24/h8,11-13,15-16H,2-7,9-10H2,1H3,(H,21,22)(H,23,24). The van der Waals surface area contributed by atoms with Gasteiger partial charge in [0.2, 0.25) is 0 Å². The fourth-order valence-corrected chi connectivity index (χ4v) is 3.85. The number of hydrogen-bond donors (Lipinski definition) is 2. The van der Waals surface area contributed by atoms with Crippen LogP contribution in [0.5, 0.6) is 11.5 Å². The summed E-state index contributed by atoms with van der Waals surface area (Å²) < 4.78 is 11.4. The van der Waals surface area contributed by atoms with Crippen LogP contribution in [0.15, 0.2) is 18.2 Å². The van der Waals surface area contributed by atoms with Crippen LogP contribution in [0.3, 0.4) is 0 Å². The van der Waals surface area contributed by atoms with Gasteiger partial charge in [-0.1, -0.05) is 0 Å². The normalized spacial score (nSPS) is 23.4. The van der Waals surface area contributed by atoms with Crippen LogP contribution in [0, 0.1) is 5.92 Å². The van der Waals surface area contributed by atoms with Crippen LogP contribution in [-0.2, 0) is 4.79 Å². The van der Waals surface area contributed by atoms with Crippen molar-refractivity contribution in [2.24, 2.45) is 5.92 Å². The van der Waals surface area contributed by atoms with Gasteiger partial charge < -0.3 is 19.9 Å². The van der Waals surface area contributed by atoms with Crippen molar-refractivity contribution in [2.45, 2.75) is 63.5 Å². The summed E-state index contributed by atoms with van der Waals surface area (Å²) in [4.78, 5) is 23.6. The molecule has 1 amide bonds. The van der Waals surface area contributed by atoms with Gasteiger partial charge in [0.15, 0.2) is 11.5 Å². The van der Waals surface area contributed by atoms with Gasteiger partial charge in [0.05, 0.1) is 19.1 Å². The molecule has 2 aliphatic rings. The number of nitrogens with one attached hydrogen (secondary N) is 1. The van der Waals surface area contributed by atoms with Crippen molar-refractivity contribution in [3.63, 3.8) is 0 Å². The van der Waals surface area contributed by atoms with Gasteiger partial charge in [-0.3, -0.25) is 9.59 Å². The molecule has 0 unspecified atom stereocenters. The molecular weight excluding hydrogens is 334 g/mol. The summed E-state index contributed by atoms with van der Waals surface area (Å²) in [5.41, 5.74) is 0.541. The Morgan fingerprint density at radius 1 is 1.04 bits per heavy atom. The zero-order valence-corrected chi connectivity index (χ0v) is 15.2. The molecule has 0 saturated heterocycles. The molecule has 26 heavy (non-hydrogen) atoms. The van der Waals surface area contributed by atoms with Crippen molar-refractivity contribution in [3.05, 3.63) is 23.8 Å². The topological polar surface area (TPSA) is 84.9 Å². The molecule has 2 N–H and O–H groups in total. The average molecular weight is 361 g/mol. The molecule has 142 valence electrons. The van der Waals surface area contributed by atoms with Crippen LogP contribution < -0.4 is 14.8 Å². The number of methoxy groups -OCH3 is 1. The number of amides is 1. The maximum absolute atomic E-state index is 12.6. The lowest BCUT2D eigenvalue weighted by Crippen LogP contribution is -2.38. The Balaban J connectivity index is 1.62. The van der Waals surface area contributed by atoms with E-state index in [1.807, 2.05) is 0 Å². The summed E-state index contributed by atoms with van der Waals surface area (Å²) in [5.74, 6) is 0.0777. The number of ether oxygens (including phenoxy) is 2. The van der Waals surface area contributed by atoms with Crippen molar-refractivity contribution in [1.29, 1.82) is 0 Å². The van der Waals surface area contributed by atoms with Crippen LogP contribution in [0.4, 0.5) is 0 Å². The number of carbonyl (C=O) groups is 2. The third-order valence-corrected chi connectivity index (χ3v) is 5.43. The van der Waals surface area contributed by atoms with Crippen molar-refractivity contribution in [3.8, 4) is 11.5 Å². The average Bonchev–Trinajstić information content (AvgIpc) is 3.15. The monoisotopic (exact) mass is 361 g/mol. The first kappa shape index (κ1) is 18.5. The molecule has 2 aliphatic carbocycles. The summed E-state index contributed by atoms with van der Waals surface area (Å²) in [7, 11) is 1.59. The molecule has 0 aromatic heterocycles. The Kier molecular flexibility index (Phi) is 6.01. The lowest BCUT2D eigenvalue weighted by atomic mass is 9.86. The smallest absolute Gasteiger partial charge is 0.306 e. The van der Waals surface area contributed by atoms with Crippen LogP contribution in [0.2, 0.25) is 0 Å². The van der Waals surface area contributed by atoms with E-state index in [1.165, 1.54) is 12.8 Å². The Bertz CT molecular complexity index is 646. The molecule has 6 nitrogen and oxygen atoms in total. The van der Waals surface area contributed by atoms with E-state index in [1.54, 1.807) is 25.3 Å². The minimum atomic E-state index is -0.737. The van der Waals surface area contributed by atoms with E-state index in [-0.39, 0.29) is 24.0 Å². The highest BCUT2D eigenvalue weighted by atomic mass is 16.5. The lowest BCUT2D eigenvalue weighted by Gasteiger charge is -2.27. The maximum atomic E-state index is 12.6. The highest BCUT2D eigenvalue weighted by Gasteiger charge is 2.27. The first-order valence-electron chi connectivity index (χ1n) is 9.45. The quantitative estimate of drug-likeness (QED) is 0.811. The zero-order valence-electron chi connectivity index (χ0n) is 15.2. The maximum Gasteiger partial charge on any atom is 0.306 e. The van der Waals surface area contributed by atoms with Gasteiger partial charge in [-0.2, -0.15) is 0 Å². The number of benzene rings is 1. The number of aliphatic carboxylic acids is 1. The second-order valence-corrected chi connectivity index (χ2v) is 7.25. The third-order valence-electron chi connectivity index (χ3n) is 5.43. The Morgan fingerprint density at radius 3 is 2.35 bits per heavy atom. The van der Waals surface area contributed by atoms with E-state index in [0.717, 1.165) is 12.8 Å². The predicted molar refractivity (Wildman–Crippen MR) is 96.7 cm³/mol. The van der Waals surface area contributed by atoms with Gasteiger partial charge in [0.25, 0.3) is 5.91 Å². The van der Waals surface area contributed by atoms with Gasteiger partial charge in [-0.15, -0.1) is 0 Å². The summed E-state index contributed by atoms with van der Waals surface area (Å²) in [6.45, 7) is 0. The van der Waals surface area contributed by atoms with Gasteiger partial charge in [0.1, 0.15) is 0 Å². The molecule has 1 aromatic rings. The Morgan fingerprint density at radius 2 is 1.73 bits per heavy atom. The van der Waals surface area contributed by atoms with Gasteiger partial charge >= 0.3 is 5.97 Å². The van der Waals surface area contributed by atoms with Crippen LogP contribution in [0.1, 0.15) is 61.7 Å². The molecule has 2 saturated carbocycles. The fraction of sp³-hybridized carbons (Fsp3) is 0.600. The highest BCUT2D eigenvalue weighted by molar-refractivity contribution is 5.95. The molecule has 2 fully saturated rings. The summed E-state index contributed by atoms with van der Waals surface area (Å²) >= 11 is 0. The van der Waals surface area contributed by atoms with E-state index < -0.39 is 5.97 Å². The van der Waals surface area contributed by atoms with E-state index in [4.69, 9.17) is 14.6 Å². The second kappa shape index (κ2) is 8.43. The number of carboxylic acid groups (broad SMARTS) is 1. The first-order chi connectivity index (χ1) is 12.6. The Hall–Kier alpha value is -2.24. The fourth-order valence-electron chi connectivity index (χ4n) is 3.85. The van der Waals surface area contributed by atoms with Gasteiger partial charge in [-0.25, -0.2) is 0 Å². The predicted octanol–water partition coefficient (Wildman–Crippen LogP) is 3.39. The molecule has 0 radical (unpaired) electrons. The van der Waals surface area contributed by atoms with E-state index in [2.05, 4.69) is 5.32 Å². The van der Waals surface area contributed by atoms with E-state index >= 15 is 0 Å². The third kappa shape index (κ3) is 4.48. The minimum Gasteiger partial charge on any atom is -0.493 e. The van der Waals surface area contributed by atoms with Crippen molar-refractivity contribution >= 4 is 11.9 Å². The zero-order chi connectivity index (χ0) is 18.5. The number of hydrogen-bond acceptors (Lipinski definition) is 4. The van der Waals surface area contributed by atoms with Crippen LogP contribution in [0.25, 0.3) is 0 Å². The Labute approximate surface area is 153 Å². The van der Waals surface area contributed by atoms with Crippen molar-refractivity contribution in [1.82, 2.24) is 5.32 Å². The molecule has 0 heterocycles. The lowest BCUT2D eigenvalue weighted by molar-refractivity contribution is -0.142. The highest BCUT2D eigenvalue weighted by Crippen LogP contribution is 2.32. The first-order valence-corrected chi connectivity index (χ1v) is 9.45. The van der Waals surface area contributed by atoms with Gasteiger partial charge in [0, 0.05) is 11.6 Å². The SMILES string of the molecule is COc1ccc(C(=O)NC2CCC(C(=O)O)CC2)cc1OC1CCCC1. The van der Waals surface area contributed by atoms with Crippen molar-refractivity contribution in [2.75, 3.05) is 7.11 Å². The number of rotatable bonds is 6. The molecule has 3 rings (SSSR count). The molecular formula is C20H27NO5. The second-order valence-electron chi connectivity index (χ2n) is 7.25. The van der Waals surface area contributed by atoms with Crippen LogP contribution in [-0.4, -0.2) is 36.2 Å². The molecule has 0 aliphatic heterocycles. The van der Waals surface area contributed by atoms with Crippen molar-refractivity contribution < 1.29 is 24.2 Å². The molecule has 6 heteroatoms. The minimum absolute atomic E-state index is 0.0272. The number of carboxylic acids is 1. The van der Waals surface area contributed by atoms with E-state index in [0.29, 0.717) is 42.7 Å². The van der Waals surface area contributed by atoms with E-state index in [9.17, 15) is 9.59 Å². The van der Waals surface area contributed by atoms with Crippen LogP contribution >= 0.6 is 0 Å². The molecule has 0 bridgehead atoms. The summed E-state index contributed by atoms with van der Waals surface area (Å²) in [6, 6.07) is 5.27. The summed E-state index contributed by atoms with van der Waals surface area (Å²) in [6.07, 6.45) is 7.22. The number of carbonyl (C=O) groups excluding carboxylic acids is 1. The molecule has 0 spiro atoms. The largest absolute Gasteiger partial charge is 0.493 e. The molecule has 1 aromatic carbocycles. The summed E-state index contributed by atoms with van der Waals surface area (Å²) in [5, 5.41) is 12.1. The van der Waals surface area contributed by atoms with Gasteiger partial charge in [-0.05, 0) is 69.6 Å².